The van der Waals surface area contributed by atoms with E-state index in [1.165, 1.54) is 44.1 Å². The van der Waals surface area contributed by atoms with Gasteiger partial charge in [0.1, 0.15) is 0 Å². The first-order valence-corrected chi connectivity index (χ1v) is 7.88. The van der Waals surface area contributed by atoms with E-state index in [0.29, 0.717) is 4.83 Å². The maximum atomic E-state index is 3.81. The standard InChI is InChI=1S/C16H25Br/c1-3-5-9-14(4-2)12-13-16(17)15-10-7-6-8-11-15/h6-8,10-11,14,16H,3-5,9,12-13H2,1-2H3. The Labute approximate surface area is 115 Å². The Morgan fingerprint density at radius 2 is 1.71 bits per heavy atom. The molecule has 1 aromatic carbocycles. The van der Waals surface area contributed by atoms with Crippen LogP contribution in [0.2, 0.25) is 0 Å². The minimum atomic E-state index is 0.527. The fourth-order valence-corrected chi connectivity index (χ4v) is 2.83. The van der Waals surface area contributed by atoms with Crippen LogP contribution < -0.4 is 0 Å². The molecule has 0 heterocycles. The Morgan fingerprint density at radius 1 is 1.00 bits per heavy atom. The third kappa shape index (κ3) is 5.72. The molecule has 0 spiro atoms. The maximum Gasteiger partial charge on any atom is 0.0395 e. The first-order valence-electron chi connectivity index (χ1n) is 6.96. The van der Waals surface area contributed by atoms with Gasteiger partial charge in [-0.05, 0) is 24.3 Å². The predicted molar refractivity (Wildman–Crippen MR) is 80.7 cm³/mol. The number of halogens is 1. The first kappa shape index (κ1) is 14.8. The average Bonchev–Trinajstić information content (AvgIpc) is 2.39. The van der Waals surface area contributed by atoms with Crippen molar-refractivity contribution in [1.29, 1.82) is 0 Å². The molecule has 0 bridgehead atoms. The zero-order chi connectivity index (χ0) is 12.5. The molecule has 0 aromatic heterocycles. The molecule has 1 rings (SSSR count). The van der Waals surface area contributed by atoms with E-state index in [0.717, 1.165) is 5.92 Å². The fourth-order valence-electron chi connectivity index (χ4n) is 2.26. The summed E-state index contributed by atoms with van der Waals surface area (Å²) in [5.74, 6) is 0.915. The van der Waals surface area contributed by atoms with Crippen molar-refractivity contribution in [1.82, 2.24) is 0 Å². The van der Waals surface area contributed by atoms with Crippen LogP contribution in [-0.2, 0) is 0 Å². The third-order valence-electron chi connectivity index (χ3n) is 3.53. The molecule has 2 unspecified atom stereocenters. The quantitative estimate of drug-likeness (QED) is 0.507. The van der Waals surface area contributed by atoms with Crippen LogP contribution in [0.4, 0.5) is 0 Å². The highest BCUT2D eigenvalue weighted by molar-refractivity contribution is 9.09. The molecule has 0 N–H and O–H groups in total. The molecular formula is C16H25Br. The Balaban J connectivity index is 2.33. The van der Waals surface area contributed by atoms with Gasteiger partial charge in [-0.3, -0.25) is 0 Å². The monoisotopic (exact) mass is 296 g/mol. The van der Waals surface area contributed by atoms with Crippen molar-refractivity contribution >= 4 is 15.9 Å². The van der Waals surface area contributed by atoms with Gasteiger partial charge in [0.25, 0.3) is 0 Å². The average molecular weight is 297 g/mol. The van der Waals surface area contributed by atoms with Gasteiger partial charge in [0.05, 0.1) is 0 Å². The number of hydrogen-bond acceptors (Lipinski definition) is 0. The van der Waals surface area contributed by atoms with Crippen LogP contribution in [0.25, 0.3) is 0 Å². The highest BCUT2D eigenvalue weighted by atomic mass is 79.9. The first-order chi connectivity index (χ1) is 8.27. The van der Waals surface area contributed by atoms with Crippen molar-refractivity contribution in [2.24, 2.45) is 5.92 Å². The Hall–Kier alpha value is -0.300. The minimum Gasteiger partial charge on any atom is -0.0839 e. The molecule has 2 atom stereocenters. The van der Waals surface area contributed by atoms with Gasteiger partial charge in [0.2, 0.25) is 0 Å². The molecule has 0 radical (unpaired) electrons. The van der Waals surface area contributed by atoms with Crippen LogP contribution in [-0.4, -0.2) is 0 Å². The van der Waals surface area contributed by atoms with E-state index in [1.54, 1.807) is 0 Å². The SMILES string of the molecule is CCCCC(CC)CCC(Br)c1ccccc1. The summed E-state index contributed by atoms with van der Waals surface area (Å²) in [4.78, 5) is 0.527. The van der Waals surface area contributed by atoms with Gasteiger partial charge in [-0.25, -0.2) is 0 Å². The van der Waals surface area contributed by atoms with Crippen molar-refractivity contribution in [3.05, 3.63) is 35.9 Å². The Bertz CT molecular complexity index is 281. The molecular weight excluding hydrogens is 272 g/mol. The van der Waals surface area contributed by atoms with Gasteiger partial charge in [-0.1, -0.05) is 85.8 Å². The van der Waals surface area contributed by atoms with Crippen molar-refractivity contribution in [3.63, 3.8) is 0 Å². The second-order valence-electron chi connectivity index (χ2n) is 4.87. The molecule has 0 nitrogen and oxygen atoms in total. The molecule has 0 aliphatic heterocycles. The lowest BCUT2D eigenvalue weighted by Gasteiger charge is -2.17. The number of rotatable bonds is 8. The van der Waals surface area contributed by atoms with Gasteiger partial charge in [0, 0.05) is 4.83 Å². The molecule has 0 aliphatic carbocycles. The number of benzene rings is 1. The van der Waals surface area contributed by atoms with Gasteiger partial charge in [-0.15, -0.1) is 0 Å². The number of alkyl halides is 1. The summed E-state index contributed by atoms with van der Waals surface area (Å²) in [6.45, 7) is 4.61. The lowest BCUT2D eigenvalue weighted by Crippen LogP contribution is -2.01. The maximum absolute atomic E-state index is 3.81. The minimum absolute atomic E-state index is 0.527. The van der Waals surface area contributed by atoms with Crippen LogP contribution in [0.1, 0.15) is 62.8 Å². The lowest BCUT2D eigenvalue weighted by molar-refractivity contribution is 0.409. The van der Waals surface area contributed by atoms with E-state index in [2.05, 4.69) is 60.1 Å². The lowest BCUT2D eigenvalue weighted by atomic mass is 9.92. The summed E-state index contributed by atoms with van der Waals surface area (Å²) in [7, 11) is 0. The van der Waals surface area contributed by atoms with Crippen LogP contribution in [0, 0.1) is 5.92 Å². The molecule has 0 amide bonds. The smallest absolute Gasteiger partial charge is 0.0395 e. The van der Waals surface area contributed by atoms with E-state index < -0.39 is 0 Å². The topological polar surface area (TPSA) is 0 Å². The molecule has 0 fully saturated rings. The zero-order valence-corrected chi connectivity index (χ0v) is 12.7. The van der Waals surface area contributed by atoms with E-state index in [9.17, 15) is 0 Å². The zero-order valence-electron chi connectivity index (χ0n) is 11.2. The van der Waals surface area contributed by atoms with Crippen molar-refractivity contribution in [3.8, 4) is 0 Å². The summed E-state index contributed by atoms with van der Waals surface area (Å²) in [5, 5.41) is 0. The summed E-state index contributed by atoms with van der Waals surface area (Å²) >= 11 is 3.81. The highest BCUT2D eigenvalue weighted by Crippen LogP contribution is 2.31. The second kappa shape index (κ2) is 8.74. The van der Waals surface area contributed by atoms with Crippen LogP contribution in [0.5, 0.6) is 0 Å². The molecule has 96 valence electrons. The van der Waals surface area contributed by atoms with Gasteiger partial charge < -0.3 is 0 Å². The number of unbranched alkanes of at least 4 members (excludes halogenated alkanes) is 1. The van der Waals surface area contributed by atoms with Crippen molar-refractivity contribution in [2.75, 3.05) is 0 Å². The van der Waals surface area contributed by atoms with Crippen molar-refractivity contribution < 1.29 is 0 Å². The largest absolute Gasteiger partial charge is 0.0839 e. The summed E-state index contributed by atoms with van der Waals surface area (Å²) < 4.78 is 0. The second-order valence-corrected chi connectivity index (χ2v) is 5.98. The molecule has 1 aromatic rings. The van der Waals surface area contributed by atoms with Gasteiger partial charge in [0.15, 0.2) is 0 Å². The summed E-state index contributed by atoms with van der Waals surface area (Å²) in [6, 6.07) is 10.8. The Morgan fingerprint density at radius 3 is 2.29 bits per heavy atom. The molecule has 17 heavy (non-hydrogen) atoms. The molecule has 1 heteroatoms. The third-order valence-corrected chi connectivity index (χ3v) is 4.52. The molecule has 0 aliphatic rings. The fraction of sp³-hybridized carbons (Fsp3) is 0.625. The molecule has 0 saturated heterocycles. The molecule has 0 saturated carbocycles. The summed E-state index contributed by atoms with van der Waals surface area (Å²) in [6.07, 6.45) is 8.05. The van der Waals surface area contributed by atoms with Crippen LogP contribution >= 0.6 is 15.9 Å². The van der Waals surface area contributed by atoms with E-state index in [4.69, 9.17) is 0 Å². The highest BCUT2D eigenvalue weighted by Gasteiger charge is 2.11. The van der Waals surface area contributed by atoms with E-state index in [-0.39, 0.29) is 0 Å². The number of hydrogen-bond donors (Lipinski definition) is 0. The van der Waals surface area contributed by atoms with Gasteiger partial charge in [-0.2, -0.15) is 0 Å². The van der Waals surface area contributed by atoms with Crippen molar-refractivity contribution in [2.45, 2.75) is 57.2 Å². The Kier molecular flexibility index (Phi) is 7.59. The van der Waals surface area contributed by atoms with E-state index in [1.807, 2.05) is 0 Å². The normalized spacial score (nSPS) is 14.5. The van der Waals surface area contributed by atoms with Crippen LogP contribution in [0.15, 0.2) is 30.3 Å². The van der Waals surface area contributed by atoms with Gasteiger partial charge >= 0.3 is 0 Å². The van der Waals surface area contributed by atoms with E-state index >= 15 is 0 Å². The predicted octanol–water partition coefficient (Wildman–Crippen LogP) is 6.12. The van der Waals surface area contributed by atoms with Crippen LogP contribution in [0.3, 0.4) is 0 Å². The summed E-state index contributed by atoms with van der Waals surface area (Å²) in [5.41, 5.74) is 1.41.